The number of hydrogen-bond acceptors (Lipinski definition) is 1. The Kier molecular flexibility index (Phi) is 6.01. The molecule has 3 aromatic carbocycles. The Morgan fingerprint density at radius 3 is 2.31 bits per heavy atom. The second-order valence-corrected chi connectivity index (χ2v) is 7.74. The van der Waals surface area contributed by atoms with E-state index in [1.165, 1.54) is 5.56 Å². The third kappa shape index (κ3) is 4.29. The smallest absolute Gasteiger partial charge is 0.0852 e. The summed E-state index contributed by atoms with van der Waals surface area (Å²) in [5.74, 6) is 0.0838. The molecule has 3 aromatic rings. The quantitative estimate of drug-likeness (QED) is 0.507. The summed E-state index contributed by atoms with van der Waals surface area (Å²) in [6.07, 6.45) is 2.80. The minimum Gasteiger partial charge on any atom is -0.249 e. The maximum absolute atomic E-state index is 13.2. The Balaban J connectivity index is 1.99. The number of aryl methyl sites for hydroxylation is 1. The van der Waals surface area contributed by atoms with Crippen molar-refractivity contribution in [3.8, 4) is 0 Å². The Morgan fingerprint density at radius 2 is 1.62 bits per heavy atom. The minimum absolute atomic E-state index is 0.0838. The number of hydrogen-bond donors (Lipinski definition) is 0. The van der Waals surface area contributed by atoms with Gasteiger partial charge in [0.25, 0.3) is 0 Å². The fourth-order valence-electron chi connectivity index (χ4n) is 3.01. The van der Waals surface area contributed by atoms with Gasteiger partial charge in [-0.25, -0.2) is 4.21 Å². The molecule has 2 heteroatoms. The predicted octanol–water partition coefficient (Wildman–Crippen LogP) is 5.83. The summed E-state index contributed by atoms with van der Waals surface area (Å²) in [4.78, 5) is 1.67. The molecule has 0 bridgehead atoms. The van der Waals surface area contributed by atoms with E-state index >= 15 is 0 Å². The van der Waals surface area contributed by atoms with Gasteiger partial charge in [0.1, 0.15) is 0 Å². The van der Waals surface area contributed by atoms with Crippen molar-refractivity contribution in [3.63, 3.8) is 0 Å². The molecule has 0 aliphatic heterocycles. The van der Waals surface area contributed by atoms with Crippen LogP contribution in [0, 0.1) is 6.92 Å². The van der Waals surface area contributed by atoms with E-state index in [0.29, 0.717) is 0 Å². The number of allylic oxidation sites excluding steroid dienone is 1. The molecule has 3 rings (SSSR count). The van der Waals surface area contributed by atoms with Gasteiger partial charge in [-0.05, 0) is 48.7 Å². The van der Waals surface area contributed by atoms with Gasteiger partial charge in [0.15, 0.2) is 0 Å². The zero-order chi connectivity index (χ0) is 18.4. The standard InChI is InChI=1S/C24H22OS/c1-3-9-21(18-20-10-5-4-6-11-20)23-12-7-8-13-24(23)26(25)22-16-14-19(2)15-17-22/h4-17,21H,1,18H2,2H3/t21-,26?/m0/s1. The van der Waals surface area contributed by atoms with E-state index < -0.39 is 10.8 Å². The van der Waals surface area contributed by atoms with E-state index in [1.54, 1.807) is 0 Å². The molecule has 0 aliphatic carbocycles. The Morgan fingerprint density at radius 1 is 0.962 bits per heavy atom. The maximum atomic E-state index is 13.2. The largest absolute Gasteiger partial charge is 0.249 e. The van der Waals surface area contributed by atoms with Crippen LogP contribution in [-0.2, 0) is 17.2 Å². The van der Waals surface area contributed by atoms with Crippen LogP contribution in [0.5, 0.6) is 0 Å². The van der Waals surface area contributed by atoms with Gasteiger partial charge >= 0.3 is 0 Å². The van der Waals surface area contributed by atoms with E-state index in [4.69, 9.17) is 0 Å². The highest BCUT2D eigenvalue weighted by Gasteiger charge is 2.18. The van der Waals surface area contributed by atoms with Gasteiger partial charge in [-0.2, -0.15) is 0 Å². The van der Waals surface area contributed by atoms with E-state index in [2.05, 4.69) is 30.5 Å². The van der Waals surface area contributed by atoms with Crippen molar-refractivity contribution in [2.45, 2.75) is 29.1 Å². The SMILES string of the molecule is C=C=C[C@@H](Cc1ccccc1)c1ccccc1S(=O)c1ccc(C)cc1. The van der Waals surface area contributed by atoms with Crippen molar-refractivity contribution in [2.75, 3.05) is 0 Å². The molecule has 0 saturated carbocycles. The predicted molar refractivity (Wildman–Crippen MR) is 109 cm³/mol. The van der Waals surface area contributed by atoms with Gasteiger partial charge in [0, 0.05) is 15.7 Å². The van der Waals surface area contributed by atoms with Crippen molar-refractivity contribution in [1.29, 1.82) is 0 Å². The fraction of sp³-hybridized carbons (Fsp3) is 0.125. The molecule has 0 radical (unpaired) electrons. The third-order valence-corrected chi connectivity index (χ3v) is 5.84. The topological polar surface area (TPSA) is 17.1 Å². The normalized spacial score (nSPS) is 12.8. The van der Waals surface area contributed by atoms with Gasteiger partial charge in [-0.15, -0.1) is 5.73 Å². The fourth-order valence-corrected chi connectivity index (χ4v) is 4.29. The first kappa shape index (κ1) is 18.1. The van der Waals surface area contributed by atoms with Crippen LogP contribution in [0.15, 0.2) is 107 Å². The van der Waals surface area contributed by atoms with E-state index in [1.807, 2.05) is 73.7 Å². The summed E-state index contributed by atoms with van der Waals surface area (Å²) in [5, 5.41) is 0. The summed E-state index contributed by atoms with van der Waals surface area (Å²) in [6.45, 7) is 5.79. The van der Waals surface area contributed by atoms with Crippen LogP contribution >= 0.6 is 0 Å². The van der Waals surface area contributed by atoms with Crippen molar-refractivity contribution in [3.05, 3.63) is 114 Å². The molecule has 1 nitrogen and oxygen atoms in total. The van der Waals surface area contributed by atoms with Gasteiger partial charge in [-0.3, -0.25) is 0 Å². The molecule has 0 aliphatic rings. The van der Waals surface area contributed by atoms with Crippen LogP contribution < -0.4 is 0 Å². The van der Waals surface area contributed by atoms with Crippen molar-refractivity contribution in [2.24, 2.45) is 0 Å². The summed E-state index contributed by atoms with van der Waals surface area (Å²) in [7, 11) is -1.22. The molecular weight excluding hydrogens is 336 g/mol. The van der Waals surface area contributed by atoms with Crippen LogP contribution in [0.4, 0.5) is 0 Å². The van der Waals surface area contributed by atoms with Crippen LogP contribution in [0.2, 0.25) is 0 Å². The second-order valence-electron chi connectivity index (χ2n) is 6.29. The minimum atomic E-state index is -1.22. The van der Waals surface area contributed by atoms with Crippen LogP contribution in [0.25, 0.3) is 0 Å². The van der Waals surface area contributed by atoms with E-state index in [0.717, 1.165) is 27.3 Å². The highest BCUT2D eigenvalue weighted by atomic mass is 32.2. The lowest BCUT2D eigenvalue weighted by atomic mass is 9.92. The lowest BCUT2D eigenvalue weighted by Gasteiger charge is -2.17. The molecule has 130 valence electrons. The average molecular weight is 359 g/mol. The average Bonchev–Trinajstić information content (AvgIpc) is 2.68. The van der Waals surface area contributed by atoms with Gasteiger partial charge in [0.05, 0.1) is 10.8 Å². The molecule has 0 aromatic heterocycles. The van der Waals surface area contributed by atoms with Crippen LogP contribution in [-0.4, -0.2) is 4.21 Å². The Hall–Kier alpha value is -2.67. The molecule has 0 N–H and O–H groups in total. The molecule has 2 atom stereocenters. The molecule has 1 unspecified atom stereocenters. The summed E-state index contributed by atoms with van der Waals surface area (Å²) >= 11 is 0. The van der Waals surface area contributed by atoms with Crippen LogP contribution in [0.1, 0.15) is 22.6 Å². The van der Waals surface area contributed by atoms with E-state index in [9.17, 15) is 4.21 Å². The van der Waals surface area contributed by atoms with E-state index in [-0.39, 0.29) is 5.92 Å². The molecule has 0 fully saturated rings. The lowest BCUT2D eigenvalue weighted by Crippen LogP contribution is -2.06. The van der Waals surface area contributed by atoms with Crippen molar-refractivity contribution >= 4 is 10.8 Å². The van der Waals surface area contributed by atoms with Crippen LogP contribution in [0.3, 0.4) is 0 Å². The zero-order valence-corrected chi connectivity index (χ0v) is 15.7. The first-order valence-corrected chi connectivity index (χ1v) is 9.81. The maximum Gasteiger partial charge on any atom is 0.0852 e. The number of rotatable bonds is 6. The molecule has 0 spiro atoms. The first-order valence-electron chi connectivity index (χ1n) is 8.66. The second kappa shape index (κ2) is 8.62. The monoisotopic (exact) mass is 358 g/mol. The molecule has 0 heterocycles. The molecule has 0 amide bonds. The molecule has 0 saturated heterocycles. The summed E-state index contributed by atoms with van der Waals surface area (Å²) < 4.78 is 13.2. The van der Waals surface area contributed by atoms with Crippen molar-refractivity contribution in [1.82, 2.24) is 0 Å². The highest BCUT2D eigenvalue weighted by Crippen LogP contribution is 2.30. The zero-order valence-electron chi connectivity index (χ0n) is 14.9. The Bertz CT molecular complexity index is 935. The first-order chi connectivity index (χ1) is 12.7. The number of benzene rings is 3. The third-order valence-electron chi connectivity index (χ3n) is 4.37. The highest BCUT2D eigenvalue weighted by molar-refractivity contribution is 7.85. The van der Waals surface area contributed by atoms with Gasteiger partial charge < -0.3 is 0 Å². The molecular formula is C24H22OS. The summed E-state index contributed by atoms with van der Waals surface area (Å²) in [5.41, 5.74) is 6.39. The molecule has 26 heavy (non-hydrogen) atoms. The lowest BCUT2D eigenvalue weighted by molar-refractivity contribution is 0.680. The van der Waals surface area contributed by atoms with Gasteiger partial charge in [-0.1, -0.05) is 72.8 Å². The van der Waals surface area contributed by atoms with Crippen molar-refractivity contribution < 1.29 is 4.21 Å². The Labute approximate surface area is 158 Å². The summed E-state index contributed by atoms with van der Waals surface area (Å²) in [6, 6.07) is 26.2. The van der Waals surface area contributed by atoms with Gasteiger partial charge in [0.2, 0.25) is 0 Å².